The van der Waals surface area contributed by atoms with Crippen molar-refractivity contribution >= 4 is 23.2 Å². The SMILES string of the molecule is COC(=O)c1ccc(C(=O)NCCCOc2ccccc2)s1. The lowest BCUT2D eigenvalue weighted by Crippen LogP contribution is -2.24. The molecule has 0 aliphatic rings. The van der Waals surface area contributed by atoms with Crippen molar-refractivity contribution in [3.63, 3.8) is 0 Å². The molecule has 1 aromatic heterocycles. The lowest BCUT2D eigenvalue weighted by atomic mass is 10.3. The molecule has 0 spiro atoms. The van der Waals surface area contributed by atoms with E-state index < -0.39 is 5.97 Å². The summed E-state index contributed by atoms with van der Waals surface area (Å²) < 4.78 is 10.1. The fraction of sp³-hybridized carbons (Fsp3) is 0.250. The third-order valence-corrected chi connectivity index (χ3v) is 3.90. The second-order valence-corrected chi connectivity index (χ2v) is 5.51. The molecule has 1 N–H and O–H groups in total. The zero-order valence-electron chi connectivity index (χ0n) is 12.2. The van der Waals surface area contributed by atoms with Gasteiger partial charge in [0.15, 0.2) is 0 Å². The average molecular weight is 319 g/mol. The summed E-state index contributed by atoms with van der Waals surface area (Å²) in [5.74, 6) is 0.190. The van der Waals surface area contributed by atoms with Gasteiger partial charge in [0.05, 0.1) is 18.6 Å². The van der Waals surface area contributed by atoms with Crippen LogP contribution in [-0.2, 0) is 4.74 Å². The number of carbonyl (C=O) groups excluding carboxylic acids is 2. The summed E-state index contributed by atoms with van der Waals surface area (Å²) in [5, 5.41) is 2.79. The largest absolute Gasteiger partial charge is 0.494 e. The molecule has 116 valence electrons. The predicted molar refractivity (Wildman–Crippen MR) is 84.5 cm³/mol. The molecule has 1 heterocycles. The zero-order valence-corrected chi connectivity index (χ0v) is 13.0. The first-order valence-corrected chi connectivity index (χ1v) is 7.66. The molecule has 6 heteroatoms. The topological polar surface area (TPSA) is 64.6 Å². The van der Waals surface area contributed by atoms with Crippen LogP contribution >= 0.6 is 11.3 Å². The molecule has 0 fully saturated rings. The summed E-state index contributed by atoms with van der Waals surface area (Å²) in [6.45, 7) is 1.04. The van der Waals surface area contributed by atoms with E-state index in [2.05, 4.69) is 10.1 Å². The number of benzene rings is 1. The van der Waals surface area contributed by atoms with E-state index in [1.54, 1.807) is 12.1 Å². The van der Waals surface area contributed by atoms with E-state index in [0.717, 1.165) is 17.1 Å². The number of amides is 1. The number of thiophene rings is 1. The van der Waals surface area contributed by atoms with Gasteiger partial charge in [-0.05, 0) is 30.7 Å². The molecule has 0 radical (unpaired) electrons. The molecular weight excluding hydrogens is 302 g/mol. The molecule has 1 amide bonds. The fourth-order valence-electron chi connectivity index (χ4n) is 1.74. The van der Waals surface area contributed by atoms with Gasteiger partial charge in [0.2, 0.25) is 0 Å². The van der Waals surface area contributed by atoms with Crippen LogP contribution in [0.15, 0.2) is 42.5 Å². The first-order valence-electron chi connectivity index (χ1n) is 6.85. The van der Waals surface area contributed by atoms with Gasteiger partial charge in [-0.3, -0.25) is 4.79 Å². The second kappa shape index (κ2) is 8.19. The molecule has 5 nitrogen and oxygen atoms in total. The van der Waals surface area contributed by atoms with E-state index in [4.69, 9.17) is 4.74 Å². The molecule has 2 rings (SSSR count). The zero-order chi connectivity index (χ0) is 15.8. The summed E-state index contributed by atoms with van der Waals surface area (Å²) in [5.41, 5.74) is 0. The van der Waals surface area contributed by atoms with Crippen LogP contribution in [0.3, 0.4) is 0 Å². The van der Waals surface area contributed by atoms with Crippen molar-refractivity contribution in [3.8, 4) is 5.75 Å². The summed E-state index contributed by atoms with van der Waals surface area (Å²) in [6.07, 6.45) is 0.704. The standard InChI is InChI=1S/C16H17NO4S/c1-20-16(19)14-9-8-13(22-14)15(18)17-10-5-11-21-12-6-3-2-4-7-12/h2-4,6-9H,5,10-11H2,1H3,(H,17,18). The number of nitrogens with one attached hydrogen (secondary N) is 1. The number of ether oxygens (including phenoxy) is 2. The molecule has 1 aromatic carbocycles. The Kier molecular flexibility index (Phi) is 5.97. The second-order valence-electron chi connectivity index (χ2n) is 4.43. The Bertz CT molecular complexity index is 624. The van der Waals surface area contributed by atoms with Gasteiger partial charge in [-0.2, -0.15) is 0 Å². The summed E-state index contributed by atoms with van der Waals surface area (Å²) in [7, 11) is 1.31. The van der Waals surface area contributed by atoms with E-state index in [1.807, 2.05) is 30.3 Å². The quantitative estimate of drug-likeness (QED) is 0.629. The van der Waals surface area contributed by atoms with Gasteiger partial charge in [0, 0.05) is 6.54 Å². The van der Waals surface area contributed by atoms with E-state index in [1.165, 1.54) is 7.11 Å². The molecule has 0 unspecified atom stereocenters. The first-order chi connectivity index (χ1) is 10.7. The molecule has 0 saturated carbocycles. The molecule has 0 aliphatic carbocycles. The van der Waals surface area contributed by atoms with Gasteiger partial charge >= 0.3 is 5.97 Å². The summed E-state index contributed by atoms with van der Waals surface area (Å²) in [4.78, 5) is 24.1. The molecule has 0 bridgehead atoms. The van der Waals surface area contributed by atoms with Gasteiger partial charge in [-0.1, -0.05) is 18.2 Å². The van der Waals surface area contributed by atoms with Gasteiger partial charge in [0.1, 0.15) is 10.6 Å². The minimum atomic E-state index is -0.430. The van der Waals surface area contributed by atoms with E-state index >= 15 is 0 Å². The fourth-order valence-corrected chi connectivity index (χ4v) is 2.58. The highest BCUT2D eigenvalue weighted by atomic mass is 32.1. The van der Waals surface area contributed by atoms with Crippen molar-refractivity contribution in [1.29, 1.82) is 0 Å². The van der Waals surface area contributed by atoms with Crippen LogP contribution in [0.5, 0.6) is 5.75 Å². The minimum Gasteiger partial charge on any atom is -0.494 e. The third kappa shape index (κ3) is 4.60. The maximum Gasteiger partial charge on any atom is 0.348 e. The van der Waals surface area contributed by atoms with Gasteiger partial charge < -0.3 is 14.8 Å². The van der Waals surface area contributed by atoms with Crippen molar-refractivity contribution in [3.05, 3.63) is 52.2 Å². The number of carbonyl (C=O) groups is 2. The monoisotopic (exact) mass is 319 g/mol. The molecular formula is C16H17NO4S. The Morgan fingerprint density at radius 3 is 2.55 bits per heavy atom. The third-order valence-electron chi connectivity index (χ3n) is 2.83. The van der Waals surface area contributed by atoms with Crippen molar-refractivity contribution in [2.75, 3.05) is 20.3 Å². The molecule has 2 aromatic rings. The highest BCUT2D eigenvalue weighted by Crippen LogP contribution is 2.17. The van der Waals surface area contributed by atoms with Crippen LogP contribution in [0.25, 0.3) is 0 Å². The summed E-state index contributed by atoms with van der Waals surface area (Å²) in [6, 6.07) is 12.7. The number of hydrogen-bond donors (Lipinski definition) is 1. The van der Waals surface area contributed by atoms with E-state index in [0.29, 0.717) is 29.3 Å². The number of esters is 1. The van der Waals surface area contributed by atoms with Crippen LogP contribution in [0.2, 0.25) is 0 Å². The van der Waals surface area contributed by atoms with Crippen LogP contribution in [0.4, 0.5) is 0 Å². The summed E-state index contributed by atoms with van der Waals surface area (Å²) >= 11 is 1.12. The smallest absolute Gasteiger partial charge is 0.348 e. The highest BCUT2D eigenvalue weighted by molar-refractivity contribution is 7.15. The Balaban J connectivity index is 1.69. The van der Waals surface area contributed by atoms with Gasteiger partial charge in [-0.15, -0.1) is 11.3 Å². The number of para-hydroxylation sites is 1. The Morgan fingerprint density at radius 1 is 1.09 bits per heavy atom. The van der Waals surface area contributed by atoms with Crippen LogP contribution in [0.1, 0.15) is 25.8 Å². The Labute approximate surface area is 132 Å². The average Bonchev–Trinajstić information content (AvgIpc) is 3.04. The number of methoxy groups -OCH3 is 1. The lowest BCUT2D eigenvalue weighted by Gasteiger charge is -2.06. The lowest BCUT2D eigenvalue weighted by molar-refractivity contribution is 0.0606. The van der Waals surface area contributed by atoms with E-state index in [-0.39, 0.29) is 5.91 Å². The Hall–Kier alpha value is -2.34. The van der Waals surface area contributed by atoms with Crippen molar-refractivity contribution < 1.29 is 19.1 Å². The van der Waals surface area contributed by atoms with Crippen molar-refractivity contribution in [1.82, 2.24) is 5.32 Å². The molecule has 0 aliphatic heterocycles. The molecule has 22 heavy (non-hydrogen) atoms. The predicted octanol–water partition coefficient (Wildman–Crippen LogP) is 2.73. The van der Waals surface area contributed by atoms with Crippen LogP contribution in [0, 0.1) is 0 Å². The number of hydrogen-bond acceptors (Lipinski definition) is 5. The molecule has 0 atom stereocenters. The maximum atomic E-state index is 11.9. The Morgan fingerprint density at radius 2 is 1.82 bits per heavy atom. The van der Waals surface area contributed by atoms with Crippen LogP contribution < -0.4 is 10.1 Å². The number of rotatable bonds is 7. The normalized spacial score (nSPS) is 10.0. The first kappa shape index (κ1) is 16.0. The maximum absolute atomic E-state index is 11.9. The van der Waals surface area contributed by atoms with Gasteiger partial charge in [-0.25, -0.2) is 4.79 Å². The molecule has 0 saturated heterocycles. The van der Waals surface area contributed by atoms with Gasteiger partial charge in [0.25, 0.3) is 5.91 Å². The van der Waals surface area contributed by atoms with Crippen molar-refractivity contribution in [2.45, 2.75) is 6.42 Å². The minimum absolute atomic E-state index is 0.195. The van der Waals surface area contributed by atoms with Crippen LogP contribution in [-0.4, -0.2) is 32.1 Å². The van der Waals surface area contributed by atoms with E-state index in [9.17, 15) is 9.59 Å². The highest BCUT2D eigenvalue weighted by Gasteiger charge is 2.13. The van der Waals surface area contributed by atoms with Crippen molar-refractivity contribution in [2.24, 2.45) is 0 Å².